The van der Waals surface area contributed by atoms with Gasteiger partial charge in [0, 0.05) is 17.7 Å². The summed E-state index contributed by atoms with van der Waals surface area (Å²) in [5.74, 6) is 0.0430. The molecule has 1 amide bonds. The highest BCUT2D eigenvalue weighted by Crippen LogP contribution is 2.11. The van der Waals surface area contributed by atoms with Crippen molar-refractivity contribution in [2.75, 3.05) is 5.32 Å². The second-order valence-corrected chi connectivity index (χ2v) is 5.10. The fourth-order valence-electron chi connectivity index (χ4n) is 2.09. The number of amides is 1. The van der Waals surface area contributed by atoms with Crippen molar-refractivity contribution in [2.24, 2.45) is 0 Å². The van der Waals surface area contributed by atoms with Crippen molar-refractivity contribution in [3.05, 3.63) is 29.8 Å². The molecule has 0 saturated carbocycles. The molecule has 0 heterocycles. The maximum Gasteiger partial charge on any atom is 0.233 e. The van der Waals surface area contributed by atoms with Gasteiger partial charge < -0.3 is 5.32 Å². The smallest absolute Gasteiger partial charge is 0.233 e. The molecular weight excluding hydrogens is 250 g/mol. The Morgan fingerprint density at radius 3 is 2.20 bits per heavy atom. The number of carbonyl (C=O) groups is 1. The van der Waals surface area contributed by atoms with Crippen molar-refractivity contribution in [3.8, 4) is 0 Å². The van der Waals surface area contributed by atoms with E-state index in [-0.39, 0.29) is 5.91 Å². The van der Waals surface area contributed by atoms with Gasteiger partial charge >= 0.3 is 0 Å². The number of benzene rings is 1. The van der Waals surface area contributed by atoms with Gasteiger partial charge in [-0.25, -0.2) is 0 Å². The van der Waals surface area contributed by atoms with Crippen LogP contribution in [-0.4, -0.2) is 12.2 Å². The lowest BCUT2D eigenvalue weighted by atomic mass is 10.1. The van der Waals surface area contributed by atoms with E-state index in [4.69, 9.17) is 0 Å². The Hall–Kier alpha value is -1.64. The minimum Gasteiger partial charge on any atom is -0.326 e. The van der Waals surface area contributed by atoms with Crippen LogP contribution in [0.1, 0.15) is 63.9 Å². The van der Waals surface area contributed by atoms with Gasteiger partial charge in [-0.15, -0.1) is 0 Å². The Balaban J connectivity index is 2.12. The monoisotopic (exact) mass is 274 g/mol. The lowest BCUT2D eigenvalue weighted by Crippen LogP contribution is -2.10. The molecule has 20 heavy (non-hydrogen) atoms. The molecule has 0 aliphatic carbocycles. The first-order valence-electron chi connectivity index (χ1n) is 7.54. The molecule has 1 aromatic carbocycles. The lowest BCUT2D eigenvalue weighted by molar-refractivity contribution is -0.116. The second kappa shape index (κ2) is 10.2. The van der Waals surface area contributed by atoms with E-state index >= 15 is 0 Å². The van der Waals surface area contributed by atoms with Gasteiger partial charge in [-0.2, -0.15) is 0 Å². The normalized spacial score (nSPS) is 10.2. The first-order valence-corrected chi connectivity index (χ1v) is 7.54. The largest absolute Gasteiger partial charge is 0.326 e. The van der Waals surface area contributed by atoms with Gasteiger partial charge in [-0.05, 0) is 30.7 Å². The Labute approximate surface area is 121 Å². The van der Waals surface area contributed by atoms with E-state index in [1.165, 1.54) is 32.1 Å². The van der Waals surface area contributed by atoms with Crippen molar-refractivity contribution in [1.29, 1.82) is 0 Å². The molecule has 3 heteroatoms. The average Bonchev–Trinajstić information content (AvgIpc) is 2.47. The molecule has 0 aliphatic rings. The van der Waals surface area contributed by atoms with E-state index in [2.05, 4.69) is 12.2 Å². The minimum absolute atomic E-state index is 0.0430. The molecule has 0 atom stereocenters. The standard InChI is InChI=1S/C17H24NO2/c1-2-3-4-5-6-7-8-9-17(20)18-16-12-10-15(14-19)11-13-16/h10-13H,2-9H2,1H3,(H,18,20). The predicted molar refractivity (Wildman–Crippen MR) is 82.5 cm³/mol. The van der Waals surface area contributed by atoms with Gasteiger partial charge in [0.2, 0.25) is 12.2 Å². The third kappa shape index (κ3) is 7.07. The molecular formula is C17H24NO2. The molecule has 109 valence electrons. The van der Waals surface area contributed by atoms with Crippen LogP contribution in [0.5, 0.6) is 0 Å². The van der Waals surface area contributed by atoms with Crippen LogP contribution in [0.3, 0.4) is 0 Å². The van der Waals surface area contributed by atoms with E-state index < -0.39 is 0 Å². The van der Waals surface area contributed by atoms with Crippen LogP contribution in [0.25, 0.3) is 0 Å². The molecule has 1 rings (SSSR count). The van der Waals surface area contributed by atoms with Crippen LogP contribution >= 0.6 is 0 Å². The number of nitrogens with one attached hydrogen (secondary N) is 1. The quantitative estimate of drug-likeness (QED) is 0.649. The van der Waals surface area contributed by atoms with E-state index in [0.717, 1.165) is 18.5 Å². The van der Waals surface area contributed by atoms with Gasteiger partial charge in [0.05, 0.1) is 0 Å². The topological polar surface area (TPSA) is 46.2 Å². The number of unbranched alkanes of at least 4 members (excludes halogenated alkanes) is 6. The highest BCUT2D eigenvalue weighted by molar-refractivity contribution is 5.91. The molecule has 0 fully saturated rings. The lowest BCUT2D eigenvalue weighted by Gasteiger charge is -2.05. The molecule has 1 aromatic rings. The summed E-state index contributed by atoms with van der Waals surface area (Å²) in [4.78, 5) is 22.1. The van der Waals surface area contributed by atoms with E-state index in [0.29, 0.717) is 12.0 Å². The molecule has 3 nitrogen and oxygen atoms in total. The molecule has 0 bridgehead atoms. The second-order valence-electron chi connectivity index (χ2n) is 5.10. The summed E-state index contributed by atoms with van der Waals surface area (Å²) in [5, 5.41) is 2.84. The van der Waals surface area contributed by atoms with E-state index in [9.17, 15) is 9.59 Å². The van der Waals surface area contributed by atoms with Crippen LogP contribution in [0.4, 0.5) is 5.69 Å². The van der Waals surface area contributed by atoms with Gasteiger partial charge in [0.15, 0.2) is 0 Å². The average molecular weight is 274 g/mol. The SMILES string of the molecule is CCCCCCCCCC(=O)Nc1ccc([C]=O)cc1. The maximum atomic E-state index is 11.7. The maximum absolute atomic E-state index is 11.7. The third-order valence-corrected chi connectivity index (χ3v) is 3.29. The van der Waals surface area contributed by atoms with Gasteiger partial charge in [-0.3, -0.25) is 9.59 Å². The third-order valence-electron chi connectivity index (χ3n) is 3.29. The minimum atomic E-state index is 0.0430. The zero-order valence-corrected chi connectivity index (χ0v) is 12.3. The molecule has 1 N–H and O–H groups in total. The van der Waals surface area contributed by atoms with Crippen molar-refractivity contribution in [2.45, 2.75) is 58.3 Å². The Bertz CT molecular complexity index is 398. The Morgan fingerprint density at radius 2 is 1.60 bits per heavy atom. The van der Waals surface area contributed by atoms with E-state index in [1.54, 1.807) is 24.3 Å². The molecule has 0 spiro atoms. The van der Waals surface area contributed by atoms with Crippen molar-refractivity contribution in [1.82, 2.24) is 0 Å². The van der Waals surface area contributed by atoms with Gasteiger partial charge in [0.25, 0.3) is 0 Å². The van der Waals surface area contributed by atoms with Gasteiger partial charge in [0.1, 0.15) is 0 Å². The summed E-state index contributed by atoms with van der Waals surface area (Å²) in [7, 11) is 0. The van der Waals surface area contributed by atoms with E-state index in [1.807, 2.05) is 6.29 Å². The van der Waals surface area contributed by atoms with Crippen LogP contribution in [0.2, 0.25) is 0 Å². The number of rotatable bonds is 10. The summed E-state index contributed by atoms with van der Waals surface area (Å²) in [6.07, 6.45) is 10.8. The highest BCUT2D eigenvalue weighted by Gasteiger charge is 2.02. The molecule has 0 saturated heterocycles. The zero-order chi connectivity index (χ0) is 14.6. The number of anilines is 1. The predicted octanol–water partition coefficient (Wildman–Crippen LogP) is 4.22. The van der Waals surface area contributed by atoms with Crippen molar-refractivity contribution in [3.63, 3.8) is 0 Å². The van der Waals surface area contributed by atoms with Crippen LogP contribution < -0.4 is 5.32 Å². The fourth-order valence-corrected chi connectivity index (χ4v) is 2.09. The first kappa shape index (κ1) is 16.4. The number of hydrogen-bond acceptors (Lipinski definition) is 2. The number of hydrogen-bond donors (Lipinski definition) is 1. The summed E-state index contributed by atoms with van der Waals surface area (Å²) in [6, 6.07) is 6.75. The Kier molecular flexibility index (Phi) is 8.36. The summed E-state index contributed by atoms with van der Waals surface area (Å²) in [5.41, 5.74) is 1.23. The van der Waals surface area contributed by atoms with Gasteiger partial charge in [-0.1, -0.05) is 45.4 Å². The molecule has 0 unspecified atom stereocenters. The summed E-state index contributed by atoms with van der Waals surface area (Å²) < 4.78 is 0. The Morgan fingerprint density at radius 1 is 1.00 bits per heavy atom. The zero-order valence-electron chi connectivity index (χ0n) is 12.3. The molecule has 1 radical (unpaired) electrons. The molecule has 0 aromatic heterocycles. The fraction of sp³-hybridized carbons (Fsp3) is 0.529. The summed E-state index contributed by atoms with van der Waals surface area (Å²) in [6.45, 7) is 2.21. The van der Waals surface area contributed by atoms with Crippen LogP contribution in [0.15, 0.2) is 24.3 Å². The molecule has 0 aliphatic heterocycles. The van der Waals surface area contributed by atoms with Crippen LogP contribution in [0, 0.1) is 0 Å². The first-order chi connectivity index (χ1) is 9.76. The van der Waals surface area contributed by atoms with Crippen molar-refractivity contribution >= 4 is 17.9 Å². The highest BCUT2D eigenvalue weighted by atomic mass is 16.1. The number of carbonyl (C=O) groups excluding carboxylic acids is 2. The summed E-state index contributed by atoms with van der Waals surface area (Å²) >= 11 is 0. The van der Waals surface area contributed by atoms with Crippen molar-refractivity contribution < 1.29 is 9.59 Å². The van der Waals surface area contributed by atoms with Crippen LogP contribution in [-0.2, 0) is 9.59 Å².